The number of allylic oxidation sites excluding steroid dienone is 1. The Kier molecular flexibility index (Phi) is 6.20. The summed E-state index contributed by atoms with van der Waals surface area (Å²) in [6.45, 7) is 4.34. The number of aryl methyl sites for hydroxylation is 1. The van der Waals surface area contributed by atoms with Crippen molar-refractivity contribution in [2.75, 3.05) is 26.2 Å². The molecular formula is C18H25N3O2. The molecule has 1 saturated heterocycles. The monoisotopic (exact) mass is 315 g/mol. The van der Waals surface area contributed by atoms with Gasteiger partial charge in [-0.05, 0) is 31.7 Å². The first-order chi connectivity index (χ1) is 11.1. The van der Waals surface area contributed by atoms with Gasteiger partial charge in [-0.15, -0.1) is 0 Å². The minimum atomic E-state index is -0.408. The summed E-state index contributed by atoms with van der Waals surface area (Å²) in [6, 6.07) is 9.85. The molecule has 3 amide bonds. The summed E-state index contributed by atoms with van der Waals surface area (Å²) < 4.78 is 0. The van der Waals surface area contributed by atoms with Gasteiger partial charge in [0.05, 0.1) is 0 Å². The topological polar surface area (TPSA) is 66.6 Å². The molecule has 5 nitrogen and oxygen atoms in total. The number of nitrogens with zero attached hydrogens (tertiary/aromatic N) is 2. The molecule has 1 aliphatic rings. The summed E-state index contributed by atoms with van der Waals surface area (Å²) in [5, 5.41) is 0. The minimum absolute atomic E-state index is 0.0295. The highest BCUT2D eigenvalue weighted by Gasteiger charge is 2.19. The van der Waals surface area contributed by atoms with Crippen molar-refractivity contribution in [3.8, 4) is 0 Å². The Morgan fingerprint density at radius 2 is 1.74 bits per heavy atom. The van der Waals surface area contributed by atoms with Crippen LogP contribution in [0.3, 0.4) is 0 Å². The van der Waals surface area contributed by atoms with Gasteiger partial charge in [0.25, 0.3) is 0 Å². The van der Waals surface area contributed by atoms with Crippen LogP contribution in [-0.4, -0.2) is 47.9 Å². The zero-order chi connectivity index (χ0) is 16.7. The zero-order valence-electron chi connectivity index (χ0n) is 13.7. The van der Waals surface area contributed by atoms with Crippen LogP contribution < -0.4 is 5.73 Å². The van der Waals surface area contributed by atoms with Gasteiger partial charge in [-0.25, -0.2) is 4.79 Å². The molecule has 0 saturated carbocycles. The van der Waals surface area contributed by atoms with Gasteiger partial charge in [0, 0.05) is 32.3 Å². The van der Waals surface area contributed by atoms with E-state index in [1.54, 1.807) is 15.9 Å². The van der Waals surface area contributed by atoms with Gasteiger partial charge >= 0.3 is 6.03 Å². The number of amides is 3. The van der Waals surface area contributed by atoms with E-state index in [2.05, 4.69) is 12.1 Å². The van der Waals surface area contributed by atoms with Crippen molar-refractivity contribution in [2.24, 2.45) is 5.73 Å². The Hall–Kier alpha value is -2.30. The average molecular weight is 315 g/mol. The minimum Gasteiger partial charge on any atom is -0.351 e. The molecule has 1 aliphatic heterocycles. The Morgan fingerprint density at radius 3 is 2.43 bits per heavy atom. The highest BCUT2D eigenvalue weighted by atomic mass is 16.2. The van der Waals surface area contributed by atoms with Crippen LogP contribution in [0.5, 0.6) is 0 Å². The first-order valence-corrected chi connectivity index (χ1v) is 8.10. The summed E-state index contributed by atoms with van der Waals surface area (Å²) >= 11 is 0. The van der Waals surface area contributed by atoms with Crippen molar-refractivity contribution >= 4 is 11.9 Å². The highest BCUT2D eigenvalue weighted by Crippen LogP contribution is 2.10. The van der Waals surface area contributed by atoms with Crippen LogP contribution in [0.25, 0.3) is 0 Å². The molecule has 1 heterocycles. The van der Waals surface area contributed by atoms with E-state index >= 15 is 0 Å². The summed E-state index contributed by atoms with van der Waals surface area (Å²) in [5.41, 5.74) is 7.66. The maximum atomic E-state index is 12.4. The van der Waals surface area contributed by atoms with Gasteiger partial charge < -0.3 is 15.5 Å². The number of hydrogen-bond donors (Lipinski definition) is 1. The van der Waals surface area contributed by atoms with E-state index in [1.807, 2.05) is 25.1 Å². The maximum Gasteiger partial charge on any atom is 0.314 e. The Morgan fingerprint density at radius 1 is 1.09 bits per heavy atom. The number of benzene rings is 1. The van der Waals surface area contributed by atoms with Crippen molar-refractivity contribution in [1.82, 2.24) is 9.80 Å². The molecule has 0 bridgehead atoms. The molecule has 1 aromatic rings. The van der Waals surface area contributed by atoms with Crippen LogP contribution in [-0.2, 0) is 11.2 Å². The van der Waals surface area contributed by atoms with Crippen LogP contribution in [0.15, 0.2) is 42.0 Å². The van der Waals surface area contributed by atoms with Crippen LogP contribution in [0.4, 0.5) is 4.79 Å². The molecular weight excluding hydrogens is 290 g/mol. The number of carbonyl (C=O) groups excluding carboxylic acids is 2. The van der Waals surface area contributed by atoms with Gasteiger partial charge in [-0.2, -0.15) is 0 Å². The first kappa shape index (κ1) is 17.1. The van der Waals surface area contributed by atoms with Gasteiger partial charge in [-0.1, -0.05) is 35.9 Å². The highest BCUT2D eigenvalue weighted by molar-refractivity contribution is 5.88. The third kappa shape index (κ3) is 5.43. The molecule has 0 aromatic heterocycles. The van der Waals surface area contributed by atoms with Gasteiger partial charge in [0.15, 0.2) is 0 Å². The fraction of sp³-hybridized carbons (Fsp3) is 0.444. The third-order valence-electron chi connectivity index (χ3n) is 4.14. The number of hydrogen-bond acceptors (Lipinski definition) is 2. The van der Waals surface area contributed by atoms with Gasteiger partial charge in [0.1, 0.15) is 0 Å². The number of urea groups is 1. The molecule has 1 fully saturated rings. The second-order valence-electron chi connectivity index (χ2n) is 5.98. The van der Waals surface area contributed by atoms with Crippen LogP contribution >= 0.6 is 0 Å². The van der Waals surface area contributed by atoms with E-state index < -0.39 is 6.03 Å². The molecule has 5 heteroatoms. The normalized spacial score (nSPS) is 16.1. The van der Waals surface area contributed by atoms with Crippen molar-refractivity contribution in [2.45, 2.75) is 26.2 Å². The Labute approximate surface area is 137 Å². The molecule has 1 aromatic carbocycles. The lowest BCUT2D eigenvalue weighted by Crippen LogP contribution is -2.39. The van der Waals surface area contributed by atoms with Crippen LogP contribution in [0.2, 0.25) is 0 Å². The smallest absolute Gasteiger partial charge is 0.314 e. The van der Waals surface area contributed by atoms with Gasteiger partial charge in [0.2, 0.25) is 5.91 Å². The lowest BCUT2D eigenvalue weighted by Gasteiger charge is -2.20. The quantitative estimate of drug-likeness (QED) is 0.865. The average Bonchev–Trinajstić information content (AvgIpc) is 2.80. The lowest BCUT2D eigenvalue weighted by atomic mass is 10.1. The standard InChI is InChI=1S/C18H25N3O2/c1-15(8-9-16-6-3-2-4-7-16)14-17(22)20-10-5-11-21(13-12-20)18(19)23/h2-4,6-7,14H,5,8-13H2,1H3,(H2,19,23)/b15-14+. The summed E-state index contributed by atoms with van der Waals surface area (Å²) in [7, 11) is 0. The van der Waals surface area contributed by atoms with E-state index in [0.717, 1.165) is 24.8 Å². The SMILES string of the molecule is C/C(=C\C(=O)N1CCCN(C(N)=O)CC1)CCc1ccccc1. The first-order valence-electron chi connectivity index (χ1n) is 8.10. The summed E-state index contributed by atoms with van der Waals surface area (Å²) in [6.07, 6.45) is 4.30. The predicted octanol–water partition coefficient (Wildman–Crippen LogP) is 2.18. The fourth-order valence-electron chi connectivity index (χ4n) is 2.72. The molecule has 0 unspecified atom stereocenters. The second-order valence-corrected chi connectivity index (χ2v) is 5.98. The van der Waals surface area contributed by atoms with Crippen molar-refractivity contribution in [3.05, 3.63) is 47.5 Å². The fourth-order valence-corrected chi connectivity index (χ4v) is 2.72. The molecule has 0 aliphatic carbocycles. The molecule has 124 valence electrons. The summed E-state index contributed by atoms with van der Waals surface area (Å²) in [4.78, 5) is 27.0. The van der Waals surface area contributed by atoms with E-state index in [-0.39, 0.29) is 5.91 Å². The second kappa shape index (κ2) is 8.36. The molecule has 23 heavy (non-hydrogen) atoms. The van der Waals surface area contributed by atoms with E-state index in [9.17, 15) is 9.59 Å². The van der Waals surface area contributed by atoms with Crippen LogP contribution in [0, 0.1) is 0 Å². The van der Waals surface area contributed by atoms with E-state index in [4.69, 9.17) is 5.73 Å². The summed E-state index contributed by atoms with van der Waals surface area (Å²) in [5.74, 6) is 0.0295. The van der Waals surface area contributed by atoms with Crippen molar-refractivity contribution in [3.63, 3.8) is 0 Å². The molecule has 2 rings (SSSR count). The number of rotatable bonds is 4. The molecule has 0 atom stereocenters. The number of carbonyl (C=O) groups is 2. The zero-order valence-corrected chi connectivity index (χ0v) is 13.7. The van der Waals surface area contributed by atoms with Crippen molar-refractivity contribution in [1.29, 1.82) is 0 Å². The molecule has 0 spiro atoms. The van der Waals surface area contributed by atoms with Crippen LogP contribution in [0.1, 0.15) is 25.3 Å². The third-order valence-corrected chi connectivity index (χ3v) is 4.14. The molecule has 0 radical (unpaired) electrons. The molecule has 2 N–H and O–H groups in total. The largest absolute Gasteiger partial charge is 0.351 e. The van der Waals surface area contributed by atoms with E-state index in [1.165, 1.54) is 5.56 Å². The number of primary amides is 1. The number of nitrogens with two attached hydrogens (primary N) is 1. The maximum absolute atomic E-state index is 12.4. The van der Waals surface area contributed by atoms with Gasteiger partial charge in [-0.3, -0.25) is 4.79 Å². The Balaban J connectivity index is 1.85. The van der Waals surface area contributed by atoms with E-state index in [0.29, 0.717) is 26.2 Å². The Bertz CT molecular complexity index is 569. The lowest BCUT2D eigenvalue weighted by molar-refractivity contribution is -0.125. The van der Waals surface area contributed by atoms with Crippen molar-refractivity contribution < 1.29 is 9.59 Å². The predicted molar refractivity (Wildman–Crippen MR) is 90.9 cm³/mol.